The maximum Gasteiger partial charge on any atom is 0.258 e. The van der Waals surface area contributed by atoms with Crippen LogP contribution in [0.2, 0.25) is 0 Å². The Labute approximate surface area is 110 Å². The van der Waals surface area contributed by atoms with Gasteiger partial charge in [0, 0.05) is 30.6 Å². The maximum atomic E-state index is 11.7. The molecule has 1 N–H and O–H groups in total. The molecule has 0 amide bonds. The third kappa shape index (κ3) is 1.79. The van der Waals surface area contributed by atoms with Gasteiger partial charge in [-0.2, -0.15) is 0 Å². The molecule has 0 unspecified atom stereocenters. The van der Waals surface area contributed by atoms with Gasteiger partial charge in [0.1, 0.15) is 6.10 Å². The largest absolute Gasteiger partial charge is 0.388 e. The van der Waals surface area contributed by atoms with Gasteiger partial charge in [0.25, 0.3) is 5.56 Å². The van der Waals surface area contributed by atoms with Gasteiger partial charge in [0.15, 0.2) is 6.23 Å². The Kier molecular flexibility index (Phi) is 2.91. The first-order chi connectivity index (χ1) is 9.13. The van der Waals surface area contributed by atoms with E-state index in [9.17, 15) is 9.90 Å². The summed E-state index contributed by atoms with van der Waals surface area (Å²) >= 11 is 0. The van der Waals surface area contributed by atoms with Gasteiger partial charge >= 0.3 is 0 Å². The molecule has 0 spiro atoms. The van der Waals surface area contributed by atoms with Crippen molar-refractivity contribution < 1.29 is 9.84 Å². The molecule has 4 atom stereocenters. The van der Waals surface area contributed by atoms with Crippen molar-refractivity contribution in [1.29, 1.82) is 0 Å². The van der Waals surface area contributed by atoms with Crippen LogP contribution in [0.5, 0.6) is 0 Å². The zero-order valence-corrected chi connectivity index (χ0v) is 10.9. The third-order valence-corrected chi connectivity index (χ3v) is 3.88. The number of hydrogen-bond donors (Lipinski definition) is 1. The number of fused-ring (bicyclic) bond motifs is 1. The van der Waals surface area contributed by atoms with Gasteiger partial charge in [-0.1, -0.05) is 13.8 Å². The highest BCUT2D eigenvalue weighted by molar-refractivity contribution is 5.29. The predicted molar refractivity (Wildman–Crippen MR) is 68.8 cm³/mol. The quantitative estimate of drug-likeness (QED) is 0.870. The topological polar surface area (TPSA) is 68.8 Å². The van der Waals surface area contributed by atoms with Gasteiger partial charge in [-0.3, -0.25) is 13.8 Å². The highest BCUT2D eigenvalue weighted by Gasteiger charge is 2.41. The van der Waals surface area contributed by atoms with Gasteiger partial charge in [-0.15, -0.1) is 0 Å². The number of hydrogen-bond acceptors (Lipinski definition) is 4. The lowest BCUT2D eigenvalue weighted by Crippen LogP contribution is -2.26. The molecule has 0 aliphatic carbocycles. The molecule has 2 aromatic heterocycles. The molecule has 6 heteroatoms. The number of ether oxygens (including phenoxy) is 1. The summed E-state index contributed by atoms with van der Waals surface area (Å²) in [6.45, 7) is 4.01. The minimum atomic E-state index is -0.604. The van der Waals surface area contributed by atoms with Gasteiger partial charge in [0.05, 0.1) is 6.10 Å². The summed E-state index contributed by atoms with van der Waals surface area (Å²) in [6, 6.07) is 1.45. The maximum absolute atomic E-state index is 11.7. The summed E-state index contributed by atoms with van der Waals surface area (Å²) in [7, 11) is 0. The Morgan fingerprint density at radius 2 is 2.26 bits per heavy atom. The van der Waals surface area contributed by atoms with Crippen molar-refractivity contribution >= 4 is 5.78 Å². The Morgan fingerprint density at radius 3 is 2.95 bits per heavy atom. The van der Waals surface area contributed by atoms with Crippen LogP contribution in [0.25, 0.3) is 5.78 Å². The zero-order valence-electron chi connectivity index (χ0n) is 10.9. The molecule has 0 aromatic carbocycles. The molecule has 3 rings (SSSR count). The average molecular weight is 263 g/mol. The zero-order chi connectivity index (χ0) is 13.6. The Bertz CT molecular complexity index is 648. The number of aliphatic hydroxyl groups excluding tert-OH is 1. The Hall–Kier alpha value is -1.66. The fraction of sp³-hybridized carbons (Fsp3) is 0.538. The first-order valence-corrected chi connectivity index (χ1v) is 6.51. The van der Waals surface area contributed by atoms with Crippen molar-refractivity contribution in [2.45, 2.75) is 38.7 Å². The summed E-state index contributed by atoms with van der Waals surface area (Å²) in [5, 5.41) is 10.3. The lowest BCUT2D eigenvalue weighted by atomic mass is 9.99. The Balaban J connectivity index is 2.08. The van der Waals surface area contributed by atoms with Crippen LogP contribution in [0, 0.1) is 5.92 Å². The van der Waals surface area contributed by atoms with Crippen molar-refractivity contribution in [3.8, 4) is 0 Å². The van der Waals surface area contributed by atoms with Crippen molar-refractivity contribution in [3.05, 3.63) is 35.0 Å². The van der Waals surface area contributed by atoms with Gasteiger partial charge in [-0.05, 0) is 6.42 Å². The first-order valence-electron chi connectivity index (χ1n) is 6.51. The second kappa shape index (κ2) is 4.47. The summed E-state index contributed by atoms with van der Waals surface area (Å²) in [4.78, 5) is 15.8. The van der Waals surface area contributed by atoms with Crippen molar-refractivity contribution in [2.75, 3.05) is 0 Å². The Morgan fingerprint density at radius 1 is 1.47 bits per heavy atom. The number of aliphatic hydroxyl groups is 1. The lowest BCUT2D eigenvalue weighted by Gasteiger charge is -2.19. The van der Waals surface area contributed by atoms with Crippen LogP contribution in [-0.4, -0.2) is 31.3 Å². The van der Waals surface area contributed by atoms with E-state index in [0.29, 0.717) is 5.78 Å². The van der Waals surface area contributed by atoms with Crippen LogP contribution in [0.3, 0.4) is 0 Å². The summed E-state index contributed by atoms with van der Waals surface area (Å²) in [5.41, 5.74) is -0.142. The lowest BCUT2D eigenvalue weighted by molar-refractivity contribution is -0.0361. The van der Waals surface area contributed by atoms with Crippen LogP contribution >= 0.6 is 0 Å². The first kappa shape index (κ1) is 12.4. The van der Waals surface area contributed by atoms with E-state index in [-0.39, 0.29) is 17.6 Å². The molecule has 0 saturated carbocycles. The highest BCUT2D eigenvalue weighted by Crippen LogP contribution is 2.35. The van der Waals surface area contributed by atoms with E-state index in [2.05, 4.69) is 4.98 Å². The van der Waals surface area contributed by atoms with E-state index in [0.717, 1.165) is 6.42 Å². The normalized spacial score (nSPS) is 31.1. The van der Waals surface area contributed by atoms with Gasteiger partial charge < -0.3 is 9.84 Å². The SMILES string of the molecule is CC[C@H]1O[C@@H](n2ccc(=O)n3ccnc23)[C@H](O)[C@@H]1C. The molecule has 1 aliphatic heterocycles. The van der Waals surface area contributed by atoms with Crippen LogP contribution in [-0.2, 0) is 4.74 Å². The minimum Gasteiger partial charge on any atom is -0.388 e. The second-order valence-corrected chi connectivity index (χ2v) is 4.98. The molecule has 1 fully saturated rings. The molecular formula is C13H17N3O3. The van der Waals surface area contributed by atoms with E-state index in [1.54, 1.807) is 23.2 Å². The fourth-order valence-electron chi connectivity index (χ4n) is 2.71. The molecule has 0 radical (unpaired) electrons. The van der Waals surface area contributed by atoms with Gasteiger partial charge in [-0.25, -0.2) is 4.98 Å². The van der Waals surface area contributed by atoms with E-state index in [4.69, 9.17) is 4.74 Å². The van der Waals surface area contributed by atoms with E-state index >= 15 is 0 Å². The molecule has 1 saturated heterocycles. The number of imidazole rings is 1. The van der Waals surface area contributed by atoms with E-state index in [1.165, 1.54) is 10.5 Å². The van der Waals surface area contributed by atoms with Crippen LogP contribution in [0.4, 0.5) is 0 Å². The van der Waals surface area contributed by atoms with Crippen LogP contribution in [0.15, 0.2) is 29.5 Å². The monoisotopic (exact) mass is 263 g/mol. The molecule has 3 heterocycles. The summed E-state index contributed by atoms with van der Waals surface area (Å²) in [5.74, 6) is 0.546. The van der Waals surface area contributed by atoms with Crippen molar-refractivity contribution in [2.24, 2.45) is 5.92 Å². The third-order valence-electron chi connectivity index (χ3n) is 3.88. The fourth-order valence-corrected chi connectivity index (χ4v) is 2.71. The van der Waals surface area contributed by atoms with Crippen molar-refractivity contribution in [3.63, 3.8) is 0 Å². The van der Waals surface area contributed by atoms with Crippen LogP contribution < -0.4 is 5.56 Å². The molecule has 19 heavy (non-hydrogen) atoms. The standard InChI is InChI=1S/C13H17N3O3/c1-3-9-8(2)11(18)12(19-9)16-6-4-10(17)15-7-5-14-13(15)16/h4-9,11-12,18H,3H2,1-2H3/t8-,9-,11-,12-/m1/s1. The molecule has 0 bridgehead atoms. The predicted octanol–water partition coefficient (Wildman–Crippen LogP) is 0.800. The molecular weight excluding hydrogens is 246 g/mol. The molecule has 2 aromatic rings. The average Bonchev–Trinajstić information content (AvgIpc) is 2.99. The van der Waals surface area contributed by atoms with E-state index < -0.39 is 12.3 Å². The number of aromatic nitrogens is 3. The molecule has 102 valence electrons. The van der Waals surface area contributed by atoms with Crippen LogP contribution in [0.1, 0.15) is 26.5 Å². The minimum absolute atomic E-state index is 0.0226. The summed E-state index contributed by atoms with van der Waals surface area (Å²) < 4.78 is 9.06. The number of nitrogens with zero attached hydrogens (tertiary/aromatic N) is 3. The molecule has 1 aliphatic rings. The molecule has 6 nitrogen and oxygen atoms in total. The second-order valence-electron chi connectivity index (χ2n) is 4.98. The number of rotatable bonds is 2. The summed E-state index contributed by atoms with van der Waals surface area (Å²) in [6.07, 6.45) is 4.57. The smallest absolute Gasteiger partial charge is 0.258 e. The van der Waals surface area contributed by atoms with Crippen molar-refractivity contribution in [1.82, 2.24) is 14.0 Å². The highest BCUT2D eigenvalue weighted by atomic mass is 16.5. The van der Waals surface area contributed by atoms with E-state index in [1.807, 2.05) is 13.8 Å². The van der Waals surface area contributed by atoms with Gasteiger partial charge in [0.2, 0.25) is 5.78 Å².